The van der Waals surface area contributed by atoms with Crippen molar-refractivity contribution in [3.63, 3.8) is 0 Å². The summed E-state index contributed by atoms with van der Waals surface area (Å²) in [5.74, 6) is 0.644. The quantitative estimate of drug-likeness (QED) is 0.920. The zero-order valence-electron chi connectivity index (χ0n) is 13.6. The highest BCUT2D eigenvalue weighted by Gasteiger charge is 2.43. The number of rotatable bonds is 4. The van der Waals surface area contributed by atoms with E-state index in [-0.39, 0.29) is 18.1 Å². The molecule has 2 saturated heterocycles. The molecule has 4 nitrogen and oxygen atoms in total. The van der Waals surface area contributed by atoms with Gasteiger partial charge in [0.25, 0.3) is 0 Å². The number of carbonyl (C=O) groups is 1. The Morgan fingerprint density at radius 1 is 1.35 bits per heavy atom. The highest BCUT2D eigenvalue weighted by molar-refractivity contribution is 7.09. The Bertz CT molecular complexity index is 527. The van der Waals surface area contributed by atoms with Crippen molar-refractivity contribution in [3.05, 3.63) is 22.4 Å². The van der Waals surface area contributed by atoms with E-state index in [9.17, 15) is 4.79 Å². The number of thiophene rings is 1. The number of nitrogens with one attached hydrogen (secondary N) is 1. The maximum Gasteiger partial charge on any atom is 0.249 e. The third kappa shape index (κ3) is 3.47. The van der Waals surface area contributed by atoms with Crippen LogP contribution in [0, 0.1) is 5.92 Å². The van der Waals surface area contributed by atoms with Gasteiger partial charge in [-0.2, -0.15) is 0 Å². The van der Waals surface area contributed by atoms with Gasteiger partial charge in [0.2, 0.25) is 5.91 Å². The average molecular weight is 334 g/mol. The van der Waals surface area contributed by atoms with Crippen LogP contribution < -0.4 is 5.32 Å². The van der Waals surface area contributed by atoms with Gasteiger partial charge < -0.3 is 10.1 Å². The van der Waals surface area contributed by atoms with Crippen LogP contribution in [0.3, 0.4) is 0 Å². The van der Waals surface area contributed by atoms with Gasteiger partial charge in [-0.25, -0.2) is 0 Å². The number of nitrogens with zero attached hydrogens (tertiary/aromatic N) is 1. The molecule has 1 N–H and O–H groups in total. The third-order valence-electron chi connectivity index (χ3n) is 5.73. The molecular formula is C18H26N2O2S. The molecular weight excluding hydrogens is 308 g/mol. The summed E-state index contributed by atoms with van der Waals surface area (Å²) in [5, 5.41) is 5.08. The van der Waals surface area contributed by atoms with E-state index in [1.165, 1.54) is 43.5 Å². The first kappa shape index (κ1) is 15.6. The number of amides is 1. The Hall–Kier alpha value is -0.910. The molecule has 0 bridgehead atoms. The average Bonchev–Trinajstić information content (AvgIpc) is 3.32. The molecule has 0 unspecified atom stereocenters. The topological polar surface area (TPSA) is 41.6 Å². The molecule has 126 valence electrons. The lowest BCUT2D eigenvalue weighted by Crippen LogP contribution is -2.46. The molecule has 4 rings (SSSR count). The van der Waals surface area contributed by atoms with Crippen LogP contribution in [0.25, 0.3) is 0 Å². The Kier molecular flexibility index (Phi) is 4.69. The van der Waals surface area contributed by atoms with Gasteiger partial charge in [0.1, 0.15) is 6.10 Å². The molecule has 5 heteroatoms. The number of piperidine rings is 1. The summed E-state index contributed by atoms with van der Waals surface area (Å²) >= 11 is 1.68. The Labute approximate surface area is 142 Å². The van der Waals surface area contributed by atoms with Crippen LogP contribution in [0.4, 0.5) is 0 Å². The monoisotopic (exact) mass is 334 g/mol. The second-order valence-electron chi connectivity index (χ2n) is 7.18. The fourth-order valence-corrected chi connectivity index (χ4v) is 5.07. The van der Waals surface area contributed by atoms with Crippen LogP contribution >= 0.6 is 11.3 Å². The van der Waals surface area contributed by atoms with Crippen molar-refractivity contribution in [3.8, 4) is 0 Å². The minimum atomic E-state index is -0.242. The van der Waals surface area contributed by atoms with E-state index in [1.54, 1.807) is 11.3 Å². The lowest BCUT2D eigenvalue weighted by Gasteiger charge is -2.37. The number of hydrogen-bond donors (Lipinski definition) is 1. The van der Waals surface area contributed by atoms with E-state index >= 15 is 0 Å². The molecule has 2 aliphatic heterocycles. The summed E-state index contributed by atoms with van der Waals surface area (Å²) in [6, 6.07) is 4.84. The highest BCUT2D eigenvalue weighted by atomic mass is 32.1. The van der Waals surface area contributed by atoms with Crippen molar-refractivity contribution >= 4 is 17.2 Å². The maximum absolute atomic E-state index is 12.4. The summed E-state index contributed by atoms with van der Waals surface area (Å²) in [6.07, 6.45) is 7.57. The van der Waals surface area contributed by atoms with Gasteiger partial charge in [-0.05, 0) is 49.6 Å². The second kappa shape index (κ2) is 6.91. The van der Waals surface area contributed by atoms with E-state index < -0.39 is 0 Å². The van der Waals surface area contributed by atoms with Crippen LogP contribution in [-0.4, -0.2) is 42.1 Å². The first-order valence-electron chi connectivity index (χ1n) is 8.99. The van der Waals surface area contributed by atoms with Gasteiger partial charge in [0.05, 0.1) is 12.6 Å². The zero-order chi connectivity index (χ0) is 15.6. The molecule has 1 amide bonds. The van der Waals surface area contributed by atoms with Crippen molar-refractivity contribution in [2.45, 2.75) is 63.3 Å². The van der Waals surface area contributed by atoms with Gasteiger partial charge in [0.15, 0.2) is 0 Å². The maximum atomic E-state index is 12.4. The molecule has 1 aliphatic carbocycles. The Morgan fingerprint density at radius 2 is 2.22 bits per heavy atom. The standard InChI is InChI=1S/C18H26N2O2S/c21-18(19-11-15-6-3-9-23-15)16-10-13-7-8-20(12-17(13)22-16)14-4-1-2-5-14/h3,6,9,13-14,16-17H,1-2,4-5,7-8,10-12H2,(H,19,21)/t13-,16+,17+/m1/s1. The SMILES string of the molecule is O=C(NCc1cccs1)[C@@H]1C[C@H]2CCN(C3CCCC3)C[C@@H]2O1. The summed E-state index contributed by atoms with van der Waals surface area (Å²) in [6.45, 7) is 2.85. The van der Waals surface area contributed by atoms with Gasteiger partial charge in [-0.3, -0.25) is 9.69 Å². The van der Waals surface area contributed by atoms with E-state index in [2.05, 4.69) is 16.3 Å². The van der Waals surface area contributed by atoms with Crippen molar-refractivity contribution in [2.75, 3.05) is 13.1 Å². The molecule has 3 atom stereocenters. The van der Waals surface area contributed by atoms with Gasteiger partial charge in [0, 0.05) is 17.5 Å². The molecule has 23 heavy (non-hydrogen) atoms. The van der Waals surface area contributed by atoms with Crippen LogP contribution in [-0.2, 0) is 16.1 Å². The molecule has 1 aromatic rings. The van der Waals surface area contributed by atoms with Gasteiger partial charge in [-0.15, -0.1) is 11.3 Å². The Balaban J connectivity index is 1.29. The van der Waals surface area contributed by atoms with Crippen molar-refractivity contribution < 1.29 is 9.53 Å². The van der Waals surface area contributed by atoms with Crippen molar-refractivity contribution in [2.24, 2.45) is 5.92 Å². The predicted molar refractivity (Wildman–Crippen MR) is 91.4 cm³/mol. The summed E-state index contributed by atoms with van der Waals surface area (Å²) in [7, 11) is 0. The first-order valence-corrected chi connectivity index (χ1v) is 9.87. The van der Waals surface area contributed by atoms with E-state index in [4.69, 9.17) is 4.74 Å². The van der Waals surface area contributed by atoms with Crippen molar-refractivity contribution in [1.29, 1.82) is 0 Å². The van der Waals surface area contributed by atoms with Crippen LogP contribution in [0.15, 0.2) is 17.5 Å². The normalized spacial score (nSPS) is 32.1. The molecule has 3 fully saturated rings. The Morgan fingerprint density at radius 3 is 3.00 bits per heavy atom. The van der Waals surface area contributed by atoms with Crippen LogP contribution in [0.1, 0.15) is 43.4 Å². The summed E-state index contributed by atoms with van der Waals surface area (Å²) < 4.78 is 6.14. The summed E-state index contributed by atoms with van der Waals surface area (Å²) in [4.78, 5) is 16.2. The van der Waals surface area contributed by atoms with E-state index in [1.807, 2.05) is 11.4 Å². The fourth-order valence-electron chi connectivity index (χ4n) is 4.43. The minimum Gasteiger partial charge on any atom is -0.364 e. The molecule has 1 saturated carbocycles. The third-order valence-corrected chi connectivity index (χ3v) is 6.61. The first-order chi connectivity index (χ1) is 11.3. The fraction of sp³-hybridized carbons (Fsp3) is 0.722. The van der Waals surface area contributed by atoms with Crippen LogP contribution in [0.5, 0.6) is 0 Å². The highest BCUT2D eigenvalue weighted by Crippen LogP contribution is 2.36. The predicted octanol–water partition coefficient (Wildman–Crippen LogP) is 2.79. The lowest BCUT2D eigenvalue weighted by molar-refractivity contribution is -0.133. The number of ether oxygens (including phenoxy) is 1. The summed E-state index contributed by atoms with van der Waals surface area (Å²) in [5.41, 5.74) is 0. The van der Waals surface area contributed by atoms with Gasteiger partial charge >= 0.3 is 0 Å². The number of carbonyl (C=O) groups excluding carboxylic acids is 1. The molecule has 1 aromatic heterocycles. The number of likely N-dealkylation sites (tertiary alicyclic amines) is 1. The van der Waals surface area contributed by atoms with Crippen LogP contribution in [0.2, 0.25) is 0 Å². The molecule has 0 spiro atoms. The second-order valence-corrected chi connectivity index (χ2v) is 8.21. The number of hydrogen-bond acceptors (Lipinski definition) is 4. The number of fused-ring (bicyclic) bond motifs is 1. The van der Waals surface area contributed by atoms with E-state index in [0.717, 1.165) is 19.0 Å². The largest absolute Gasteiger partial charge is 0.364 e. The van der Waals surface area contributed by atoms with Crippen molar-refractivity contribution in [1.82, 2.24) is 10.2 Å². The lowest BCUT2D eigenvalue weighted by atomic mass is 9.90. The molecule has 0 aromatic carbocycles. The minimum absolute atomic E-state index is 0.0696. The molecule has 3 heterocycles. The zero-order valence-corrected chi connectivity index (χ0v) is 14.4. The van der Waals surface area contributed by atoms with Gasteiger partial charge in [-0.1, -0.05) is 18.9 Å². The molecule has 3 aliphatic rings. The van der Waals surface area contributed by atoms with E-state index in [0.29, 0.717) is 12.5 Å². The smallest absolute Gasteiger partial charge is 0.249 e. The molecule has 0 radical (unpaired) electrons.